The van der Waals surface area contributed by atoms with Crippen molar-refractivity contribution in [3.63, 3.8) is 0 Å². The van der Waals surface area contributed by atoms with Crippen LogP contribution in [0.5, 0.6) is 0 Å². The lowest BCUT2D eigenvalue weighted by molar-refractivity contribution is -0.142. The lowest BCUT2D eigenvalue weighted by Crippen LogP contribution is -2.24. The van der Waals surface area contributed by atoms with Crippen molar-refractivity contribution in [1.82, 2.24) is 0 Å². The minimum atomic E-state index is -1.13. The fraction of sp³-hybridized carbons (Fsp3) is 0.600. The van der Waals surface area contributed by atoms with Crippen molar-refractivity contribution in [2.45, 2.75) is 25.0 Å². The van der Waals surface area contributed by atoms with Crippen molar-refractivity contribution in [3.8, 4) is 0 Å². The minimum Gasteiger partial charge on any atom is -0.481 e. The molecule has 0 radical (unpaired) electrons. The van der Waals surface area contributed by atoms with Gasteiger partial charge < -0.3 is 15.3 Å². The summed E-state index contributed by atoms with van der Waals surface area (Å²) in [6.45, 7) is 1.43. The SMILES string of the molecule is CC(CC(SC(=S)SCCC(=O)O)C(=O)O)C(=O)O. The van der Waals surface area contributed by atoms with Crippen LogP contribution in [0, 0.1) is 5.92 Å². The summed E-state index contributed by atoms with van der Waals surface area (Å²) in [5.41, 5.74) is 0. The molecule has 0 aliphatic rings. The van der Waals surface area contributed by atoms with Crippen LogP contribution in [0.15, 0.2) is 0 Å². The average Bonchev–Trinajstić information content (AvgIpc) is 2.26. The van der Waals surface area contributed by atoms with E-state index in [-0.39, 0.29) is 18.6 Å². The second-order valence-corrected chi connectivity index (χ2v) is 7.16. The lowest BCUT2D eigenvalue weighted by atomic mass is 10.1. The summed E-state index contributed by atoms with van der Waals surface area (Å²) in [4.78, 5) is 32.0. The first kappa shape index (κ1) is 18.2. The van der Waals surface area contributed by atoms with Gasteiger partial charge in [0.1, 0.15) is 8.78 Å². The quantitative estimate of drug-likeness (QED) is 0.574. The molecule has 3 N–H and O–H groups in total. The normalized spacial score (nSPS) is 13.5. The van der Waals surface area contributed by atoms with E-state index in [1.807, 2.05) is 0 Å². The molecule has 9 heteroatoms. The third-order valence-electron chi connectivity index (χ3n) is 2.04. The van der Waals surface area contributed by atoms with Crippen molar-refractivity contribution < 1.29 is 29.7 Å². The number of aliphatic carboxylic acids is 3. The number of thioether (sulfide) groups is 2. The van der Waals surface area contributed by atoms with Gasteiger partial charge in [0.05, 0.1) is 12.3 Å². The Labute approximate surface area is 123 Å². The predicted octanol–water partition coefficient (Wildman–Crippen LogP) is 1.78. The van der Waals surface area contributed by atoms with Crippen molar-refractivity contribution >= 4 is 57.2 Å². The fourth-order valence-electron chi connectivity index (χ4n) is 0.993. The molecule has 0 saturated carbocycles. The lowest BCUT2D eigenvalue weighted by Gasteiger charge is -2.14. The van der Waals surface area contributed by atoms with Gasteiger partial charge in [-0.3, -0.25) is 14.4 Å². The van der Waals surface area contributed by atoms with Crippen LogP contribution in [0.1, 0.15) is 19.8 Å². The first-order chi connectivity index (χ1) is 8.73. The number of carbonyl (C=O) groups is 3. The molecule has 0 saturated heterocycles. The Morgan fingerprint density at radius 2 is 1.74 bits per heavy atom. The highest BCUT2D eigenvalue weighted by Gasteiger charge is 2.25. The number of hydrogen-bond acceptors (Lipinski definition) is 6. The molecule has 0 heterocycles. The van der Waals surface area contributed by atoms with Gasteiger partial charge in [0.15, 0.2) is 0 Å². The Bertz CT molecular complexity index is 370. The molecule has 6 nitrogen and oxygen atoms in total. The highest BCUT2D eigenvalue weighted by molar-refractivity contribution is 8.47. The summed E-state index contributed by atoms with van der Waals surface area (Å²) in [6.07, 6.45) is -0.0937. The van der Waals surface area contributed by atoms with Gasteiger partial charge in [-0.05, 0) is 6.42 Å². The van der Waals surface area contributed by atoms with Gasteiger partial charge in [-0.15, -0.1) is 11.8 Å². The maximum absolute atomic E-state index is 11.0. The Morgan fingerprint density at radius 3 is 2.16 bits per heavy atom. The van der Waals surface area contributed by atoms with Crippen molar-refractivity contribution in [3.05, 3.63) is 0 Å². The van der Waals surface area contributed by atoms with Crippen LogP contribution in [0.4, 0.5) is 0 Å². The van der Waals surface area contributed by atoms with Crippen LogP contribution in [-0.4, -0.2) is 47.8 Å². The van der Waals surface area contributed by atoms with Gasteiger partial charge in [-0.25, -0.2) is 0 Å². The van der Waals surface area contributed by atoms with E-state index in [9.17, 15) is 14.4 Å². The van der Waals surface area contributed by atoms with E-state index in [4.69, 9.17) is 27.5 Å². The maximum Gasteiger partial charge on any atom is 0.317 e. The van der Waals surface area contributed by atoms with Crippen LogP contribution in [0.2, 0.25) is 0 Å². The second kappa shape index (κ2) is 9.16. The van der Waals surface area contributed by atoms with Gasteiger partial charge in [-0.1, -0.05) is 30.9 Å². The maximum atomic E-state index is 11.0. The molecule has 0 aliphatic carbocycles. The van der Waals surface area contributed by atoms with Gasteiger partial charge in [0.2, 0.25) is 0 Å². The van der Waals surface area contributed by atoms with E-state index in [0.717, 1.165) is 23.5 Å². The summed E-state index contributed by atoms with van der Waals surface area (Å²) in [7, 11) is 0. The number of rotatable bonds is 8. The van der Waals surface area contributed by atoms with Gasteiger partial charge >= 0.3 is 17.9 Å². The summed E-state index contributed by atoms with van der Waals surface area (Å²) in [6, 6.07) is 0. The Morgan fingerprint density at radius 1 is 1.16 bits per heavy atom. The van der Waals surface area contributed by atoms with E-state index in [0.29, 0.717) is 3.53 Å². The molecular formula is C10H14O6S3. The number of carboxylic acids is 3. The molecule has 19 heavy (non-hydrogen) atoms. The third-order valence-corrected chi connectivity index (χ3v) is 4.84. The Balaban J connectivity index is 4.27. The first-order valence-electron chi connectivity index (χ1n) is 5.24. The van der Waals surface area contributed by atoms with E-state index in [1.165, 1.54) is 6.92 Å². The standard InChI is InChI=1S/C10H14O6S3/c1-5(8(13)14)4-6(9(15)16)19-10(17)18-3-2-7(11)12/h5-6H,2-4H2,1H3,(H,11,12)(H,13,14)(H,15,16). The van der Waals surface area contributed by atoms with Crippen LogP contribution >= 0.6 is 35.7 Å². The van der Waals surface area contributed by atoms with E-state index >= 15 is 0 Å². The topological polar surface area (TPSA) is 112 Å². The summed E-state index contributed by atoms with van der Waals surface area (Å²) in [5, 5.41) is 25.3. The molecule has 0 aliphatic heterocycles. The van der Waals surface area contributed by atoms with E-state index < -0.39 is 29.1 Å². The average molecular weight is 326 g/mol. The fourth-order valence-corrected chi connectivity index (χ4v) is 3.62. The largest absolute Gasteiger partial charge is 0.481 e. The molecule has 0 rings (SSSR count). The molecule has 0 fully saturated rings. The second-order valence-electron chi connectivity index (χ2n) is 3.66. The number of carboxylic acid groups (broad SMARTS) is 3. The van der Waals surface area contributed by atoms with Gasteiger partial charge in [0, 0.05) is 5.75 Å². The van der Waals surface area contributed by atoms with Crippen molar-refractivity contribution in [2.75, 3.05) is 5.75 Å². The number of hydrogen-bond donors (Lipinski definition) is 3. The highest BCUT2D eigenvalue weighted by Crippen LogP contribution is 2.27. The molecule has 0 amide bonds. The Hall–Kier alpha value is -0.800. The zero-order valence-electron chi connectivity index (χ0n) is 10.1. The van der Waals surface area contributed by atoms with Crippen LogP contribution < -0.4 is 0 Å². The first-order valence-corrected chi connectivity index (χ1v) is 7.52. The summed E-state index contributed by atoms with van der Waals surface area (Å²) >= 11 is 6.92. The Kier molecular flexibility index (Phi) is 8.77. The zero-order valence-corrected chi connectivity index (χ0v) is 12.5. The van der Waals surface area contributed by atoms with Gasteiger partial charge in [-0.2, -0.15) is 0 Å². The molecule has 0 aromatic rings. The smallest absolute Gasteiger partial charge is 0.317 e. The molecule has 2 unspecified atom stereocenters. The molecule has 0 aromatic heterocycles. The monoisotopic (exact) mass is 326 g/mol. The number of thiocarbonyl (C=S) groups is 1. The molecule has 108 valence electrons. The molecule has 0 bridgehead atoms. The zero-order chi connectivity index (χ0) is 15.0. The van der Waals surface area contributed by atoms with Gasteiger partial charge in [0.25, 0.3) is 0 Å². The van der Waals surface area contributed by atoms with E-state index in [2.05, 4.69) is 0 Å². The minimum absolute atomic E-state index is 0.0328. The van der Waals surface area contributed by atoms with Crippen LogP contribution in [-0.2, 0) is 14.4 Å². The molecule has 0 spiro atoms. The summed E-state index contributed by atoms with van der Waals surface area (Å²) < 4.78 is 0.311. The van der Waals surface area contributed by atoms with E-state index in [1.54, 1.807) is 0 Å². The van der Waals surface area contributed by atoms with Crippen molar-refractivity contribution in [1.29, 1.82) is 0 Å². The summed E-state index contributed by atoms with van der Waals surface area (Å²) in [5.74, 6) is -3.65. The van der Waals surface area contributed by atoms with Crippen LogP contribution in [0.3, 0.4) is 0 Å². The molecule has 2 atom stereocenters. The predicted molar refractivity (Wildman–Crippen MR) is 77.7 cm³/mol. The highest BCUT2D eigenvalue weighted by atomic mass is 32.2. The van der Waals surface area contributed by atoms with Crippen LogP contribution in [0.25, 0.3) is 0 Å². The van der Waals surface area contributed by atoms with Crippen molar-refractivity contribution in [2.24, 2.45) is 5.92 Å². The molecule has 0 aromatic carbocycles. The third kappa shape index (κ3) is 8.84. The molecular weight excluding hydrogens is 312 g/mol.